The van der Waals surface area contributed by atoms with Gasteiger partial charge in [-0.3, -0.25) is 4.68 Å². The predicted octanol–water partition coefficient (Wildman–Crippen LogP) is 1.69. The van der Waals surface area contributed by atoms with Crippen molar-refractivity contribution in [3.63, 3.8) is 0 Å². The number of nitrogens with zero attached hydrogens (tertiary/aromatic N) is 4. The number of nitrogens with one attached hydrogen (secondary N) is 2. The van der Waals surface area contributed by atoms with Crippen molar-refractivity contribution in [2.75, 3.05) is 30.4 Å². The van der Waals surface area contributed by atoms with Crippen LogP contribution in [0.2, 0.25) is 0 Å². The van der Waals surface area contributed by atoms with Gasteiger partial charge < -0.3 is 20.5 Å². The number of benzene rings is 1. The average molecular weight is 356 g/mol. The quantitative estimate of drug-likeness (QED) is 0.548. The van der Waals surface area contributed by atoms with E-state index < -0.39 is 0 Å². The molecule has 3 rings (SSSR count). The van der Waals surface area contributed by atoms with Gasteiger partial charge in [0.25, 0.3) is 0 Å². The normalized spacial score (nSPS) is 10.7. The molecule has 0 radical (unpaired) electrons. The van der Waals surface area contributed by atoms with Crippen molar-refractivity contribution < 1.29 is 14.6 Å². The summed E-state index contributed by atoms with van der Waals surface area (Å²) in [6.45, 7) is 2.46. The number of aliphatic hydroxyl groups excluding tert-OH is 1. The first-order valence-electron chi connectivity index (χ1n) is 8.21. The maximum Gasteiger partial charge on any atom is 0.338 e. The lowest BCUT2D eigenvalue weighted by molar-refractivity contribution is 0.0526. The molecule has 0 atom stereocenters. The Hall–Kier alpha value is -3.20. The van der Waals surface area contributed by atoms with Gasteiger partial charge in [0, 0.05) is 19.3 Å². The average Bonchev–Trinajstić information content (AvgIpc) is 3.02. The summed E-state index contributed by atoms with van der Waals surface area (Å²) in [7, 11) is 1.79. The van der Waals surface area contributed by atoms with Crippen LogP contribution in [0.25, 0.3) is 11.0 Å². The third-order valence-corrected chi connectivity index (χ3v) is 3.65. The fraction of sp³-hybridized carbons (Fsp3) is 0.294. The Morgan fingerprint density at radius 3 is 2.73 bits per heavy atom. The molecule has 0 aliphatic carbocycles. The van der Waals surface area contributed by atoms with Crippen LogP contribution in [0.4, 0.5) is 17.5 Å². The third-order valence-electron chi connectivity index (χ3n) is 3.65. The molecule has 0 unspecified atom stereocenters. The van der Waals surface area contributed by atoms with Crippen molar-refractivity contribution in [3.05, 3.63) is 36.0 Å². The molecule has 2 heterocycles. The maximum atomic E-state index is 11.7. The Morgan fingerprint density at radius 1 is 1.27 bits per heavy atom. The summed E-state index contributed by atoms with van der Waals surface area (Å²) in [4.78, 5) is 20.6. The van der Waals surface area contributed by atoms with E-state index in [1.165, 1.54) is 0 Å². The Labute approximate surface area is 150 Å². The minimum absolute atomic E-state index is 0.0101. The van der Waals surface area contributed by atoms with Crippen molar-refractivity contribution >= 4 is 34.5 Å². The number of rotatable bonds is 7. The molecular weight excluding hydrogens is 336 g/mol. The Kier molecular flexibility index (Phi) is 5.28. The summed E-state index contributed by atoms with van der Waals surface area (Å²) in [6, 6.07) is 6.86. The number of hydrogen-bond acceptors (Lipinski definition) is 8. The molecule has 0 saturated heterocycles. The van der Waals surface area contributed by atoms with Gasteiger partial charge in [0.2, 0.25) is 5.95 Å². The van der Waals surface area contributed by atoms with Crippen molar-refractivity contribution in [3.8, 4) is 0 Å². The molecule has 0 amide bonds. The monoisotopic (exact) mass is 356 g/mol. The number of fused-ring (bicyclic) bond motifs is 1. The first-order chi connectivity index (χ1) is 12.6. The van der Waals surface area contributed by atoms with Crippen molar-refractivity contribution in [2.45, 2.75) is 6.92 Å². The maximum absolute atomic E-state index is 11.7. The summed E-state index contributed by atoms with van der Waals surface area (Å²) in [5, 5.41) is 20.2. The highest BCUT2D eigenvalue weighted by Crippen LogP contribution is 2.23. The smallest absolute Gasteiger partial charge is 0.338 e. The van der Waals surface area contributed by atoms with Gasteiger partial charge in [-0.15, -0.1) is 0 Å². The van der Waals surface area contributed by atoms with Crippen molar-refractivity contribution in [1.82, 2.24) is 19.7 Å². The van der Waals surface area contributed by atoms with Gasteiger partial charge >= 0.3 is 5.97 Å². The predicted molar refractivity (Wildman–Crippen MR) is 97.6 cm³/mol. The van der Waals surface area contributed by atoms with E-state index in [9.17, 15) is 4.79 Å². The summed E-state index contributed by atoms with van der Waals surface area (Å²) in [5.41, 5.74) is 1.87. The summed E-state index contributed by atoms with van der Waals surface area (Å²) >= 11 is 0. The minimum atomic E-state index is -0.359. The third kappa shape index (κ3) is 3.72. The van der Waals surface area contributed by atoms with Crippen LogP contribution < -0.4 is 10.6 Å². The van der Waals surface area contributed by atoms with Crippen LogP contribution >= 0.6 is 0 Å². The van der Waals surface area contributed by atoms with Gasteiger partial charge in [-0.2, -0.15) is 15.1 Å². The molecule has 0 aliphatic heterocycles. The number of esters is 1. The van der Waals surface area contributed by atoms with E-state index in [1.807, 2.05) is 0 Å². The molecule has 0 bridgehead atoms. The number of ether oxygens (including phenoxy) is 1. The largest absolute Gasteiger partial charge is 0.462 e. The standard InChI is InChI=1S/C17H20N6O3/c1-3-26-16(25)11-4-6-12(7-5-11)20-17-21-14(18-8-9-24)13-10-19-23(2)15(13)22-17/h4-7,10,24H,3,8-9H2,1-2H3,(H2,18,20,21,22). The highest BCUT2D eigenvalue weighted by atomic mass is 16.5. The molecule has 3 aromatic rings. The summed E-state index contributed by atoms with van der Waals surface area (Å²) < 4.78 is 6.62. The lowest BCUT2D eigenvalue weighted by Gasteiger charge is -2.10. The fourth-order valence-electron chi connectivity index (χ4n) is 2.42. The van der Waals surface area contributed by atoms with E-state index in [1.54, 1.807) is 49.1 Å². The van der Waals surface area contributed by atoms with Gasteiger partial charge in [-0.1, -0.05) is 0 Å². The van der Waals surface area contributed by atoms with Crippen LogP contribution in [-0.2, 0) is 11.8 Å². The molecule has 26 heavy (non-hydrogen) atoms. The molecule has 2 aromatic heterocycles. The number of hydrogen-bond donors (Lipinski definition) is 3. The molecule has 0 saturated carbocycles. The van der Waals surface area contributed by atoms with Crippen molar-refractivity contribution in [2.24, 2.45) is 7.05 Å². The fourth-order valence-corrected chi connectivity index (χ4v) is 2.42. The summed E-state index contributed by atoms with van der Waals surface area (Å²) in [5.74, 6) is 0.607. The Balaban J connectivity index is 1.86. The Morgan fingerprint density at radius 2 is 2.04 bits per heavy atom. The van der Waals surface area contributed by atoms with E-state index in [0.717, 1.165) is 11.1 Å². The van der Waals surface area contributed by atoms with Gasteiger partial charge in [-0.05, 0) is 31.2 Å². The van der Waals surface area contributed by atoms with E-state index in [4.69, 9.17) is 9.84 Å². The van der Waals surface area contributed by atoms with Crippen LogP contribution in [-0.4, -0.2) is 50.6 Å². The number of aryl methyl sites for hydroxylation is 1. The number of carbonyl (C=O) groups excluding carboxylic acids is 1. The zero-order valence-corrected chi connectivity index (χ0v) is 14.6. The van der Waals surface area contributed by atoms with Gasteiger partial charge in [0.05, 0.1) is 30.4 Å². The minimum Gasteiger partial charge on any atom is -0.462 e. The van der Waals surface area contributed by atoms with Crippen LogP contribution in [0.5, 0.6) is 0 Å². The number of aliphatic hydroxyl groups is 1. The second-order valence-corrected chi connectivity index (χ2v) is 5.47. The second-order valence-electron chi connectivity index (χ2n) is 5.47. The first kappa shape index (κ1) is 17.6. The molecule has 136 valence electrons. The van der Waals surface area contributed by atoms with Gasteiger partial charge in [0.1, 0.15) is 5.82 Å². The van der Waals surface area contributed by atoms with E-state index in [0.29, 0.717) is 36.1 Å². The SMILES string of the molecule is CCOC(=O)c1ccc(Nc2nc(NCCO)c3cnn(C)c3n2)cc1. The highest BCUT2D eigenvalue weighted by Gasteiger charge is 2.12. The number of carbonyl (C=O) groups is 1. The molecule has 3 N–H and O–H groups in total. The van der Waals surface area contributed by atoms with E-state index in [2.05, 4.69) is 25.7 Å². The van der Waals surface area contributed by atoms with E-state index in [-0.39, 0.29) is 12.6 Å². The number of aromatic nitrogens is 4. The first-order valence-corrected chi connectivity index (χ1v) is 8.21. The van der Waals surface area contributed by atoms with Crippen LogP contribution in [0, 0.1) is 0 Å². The molecule has 0 spiro atoms. The van der Waals surface area contributed by atoms with E-state index >= 15 is 0 Å². The molecule has 0 aliphatic rings. The topological polar surface area (TPSA) is 114 Å². The molecule has 9 heteroatoms. The molecule has 0 fully saturated rings. The zero-order valence-electron chi connectivity index (χ0n) is 14.6. The van der Waals surface area contributed by atoms with Crippen LogP contribution in [0.15, 0.2) is 30.5 Å². The zero-order chi connectivity index (χ0) is 18.5. The molecular formula is C17H20N6O3. The van der Waals surface area contributed by atoms with Crippen LogP contribution in [0.3, 0.4) is 0 Å². The molecule has 1 aromatic carbocycles. The Bertz CT molecular complexity index is 907. The van der Waals surface area contributed by atoms with Crippen LogP contribution in [0.1, 0.15) is 17.3 Å². The summed E-state index contributed by atoms with van der Waals surface area (Å²) in [6.07, 6.45) is 1.67. The lowest BCUT2D eigenvalue weighted by Crippen LogP contribution is -2.09. The number of anilines is 3. The van der Waals surface area contributed by atoms with Crippen molar-refractivity contribution in [1.29, 1.82) is 0 Å². The molecule has 9 nitrogen and oxygen atoms in total. The lowest BCUT2D eigenvalue weighted by atomic mass is 10.2. The second kappa shape index (κ2) is 7.79. The van der Waals surface area contributed by atoms with Gasteiger partial charge in [-0.25, -0.2) is 4.79 Å². The highest BCUT2D eigenvalue weighted by molar-refractivity contribution is 5.90. The van der Waals surface area contributed by atoms with Gasteiger partial charge in [0.15, 0.2) is 5.65 Å².